The summed E-state index contributed by atoms with van der Waals surface area (Å²) in [5.74, 6) is 0.728. The van der Waals surface area contributed by atoms with Gasteiger partial charge in [0.25, 0.3) is 0 Å². The van der Waals surface area contributed by atoms with Crippen LogP contribution in [-0.4, -0.2) is 27.0 Å². The van der Waals surface area contributed by atoms with Gasteiger partial charge in [0.05, 0.1) is 0 Å². The number of aryl methyl sites for hydroxylation is 1. The highest BCUT2D eigenvalue weighted by Gasteiger charge is 2.04. The summed E-state index contributed by atoms with van der Waals surface area (Å²) in [6.07, 6.45) is 5.95. The second-order valence-corrected chi connectivity index (χ2v) is 5.28. The number of amides is 1. The molecule has 3 aromatic rings. The van der Waals surface area contributed by atoms with Crippen molar-refractivity contribution in [2.45, 2.75) is 13.3 Å². The maximum absolute atomic E-state index is 11.9. The molecule has 0 saturated heterocycles. The Hall–Kier alpha value is -2.95. The van der Waals surface area contributed by atoms with Crippen LogP contribution in [0, 0.1) is 6.92 Å². The second-order valence-electron chi connectivity index (χ2n) is 5.28. The summed E-state index contributed by atoms with van der Waals surface area (Å²) in [7, 11) is 0. The molecule has 0 atom stereocenters. The number of hydrogen-bond acceptors (Lipinski definition) is 3. The van der Waals surface area contributed by atoms with E-state index in [-0.39, 0.29) is 5.91 Å². The zero-order valence-corrected chi connectivity index (χ0v) is 12.9. The molecule has 3 rings (SSSR count). The van der Waals surface area contributed by atoms with Gasteiger partial charge in [0.2, 0.25) is 5.91 Å². The molecule has 2 aromatic heterocycles. The van der Waals surface area contributed by atoms with Crippen molar-refractivity contribution in [1.29, 1.82) is 0 Å². The molecule has 1 amide bonds. The van der Waals surface area contributed by atoms with E-state index in [0.717, 1.165) is 22.6 Å². The van der Waals surface area contributed by atoms with E-state index in [9.17, 15) is 4.79 Å². The summed E-state index contributed by atoms with van der Waals surface area (Å²) in [6.45, 7) is 2.54. The van der Waals surface area contributed by atoms with Crippen molar-refractivity contribution in [2.75, 3.05) is 6.54 Å². The van der Waals surface area contributed by atoms with E-state index >= 15 is 0 Å². The van der Waals surface area contributed by atoms with Gasteiger partial charge >= 0.3 is 0 Å². The minimum absolute atomic E-state index is 0.109. The molecule has 1 aromatic carbocycles. The molecule has 5 heteroatoms. The lowest BCUT2D eigenvalue weighted by Crippen LogP contribution is -2.24. The van der Waals surface area contributed by atoms with Crippen LogP contribution in [0.5, 0.6) is 0 Å². The van der Waals surface area contributed by atoms with Crippen LogP contribution < -0.4 is 5.32 Å². The van der Waals surface area contributed by atoms with Crippen LogP contribution in [0.25, 0.3) is 11.7 Å². The minimum atomic E-state index is -0.109. The highest BCUT2D eigenvalue weighted by Crippen LogP contribution is 2.08. The fraction of sp³-hybridized carbons (Fsp3) is 0.167. The maximum atomic E-state index is 11.9. The van der Waals surface area contributed by atoms with Crippen molar-refractivity contribution in [3.63, 3.8) is 0 Å². The van der Waals surface area contributed by atoms with Crippen molar-refractivity contribution >= 4 is 17.6 Å². The number of pyridine rings is 1. The molecule has 1 N–H and O–H groups in total. The van der Waals surface area contributed by atoms with Gasteiger partial charge in [0.15, 0.2) is 5.65 Å². The maximum Gasteiger partial charge on any atom is 0.244 e. The number of nitrogens with one attached hydrogen (secondary N) is 1. The number of carbonyl (C=O) groups excluding carboxylic acids is 1. The van der Waals surface area contributed by atoms with Crippen molar-refractivity contribution in [3.8, 4) is 0 Å². The smallest absolute Gasteiger partial charge is 0.244 e. The Bertz CT molecular complexity index is 851. The van der Waals surface area contributed by atoms with Crippen molar-refractivity contribution in [3.05, 3.63) is 71.7 Å². The average Bonchev–Trinajstić information content (AvgIpc) is 2.98. The van der Waals surface area contributed by atoms with Gasteiger partial charge in [0.1, 0.15) is 5.82 Å². The lowest BCUT2D eigenvalue weighted by molar-refractivity contribution is -0.116. The molecule has 0 aliphatic carbocycles. The van der Waals surface area contributed by atoms with E-state index in [2.05, 4.69) is 15.5 Å². The number of rotatable bonds is 5. The first-order valence-electron chi connectivity index (χ1n) is 7.54. The Kier molecular flexibility index (Phi) is 4.47. The van der Waals surface area contributed by atoms with Crippen LogP contribution in [0.4, 0.5) is 0 Å². The van der Waals surface area contributed by atoms with Crippen LogP contribution in [0.2, 0.25) is 0 Å². The van der Waals surface area contributed by atoms with Gasteiger partial charge < -0.3 is 5.32 Å². The Morgan fingerprint density at radius 1 is 1.17 bits per heavy atom. The van der Waals surface area contributed by atoms with E-state index in [1.54, 1.807) is 6.08 Å². The molecule has 0 aliphatic heterocycles. The summed E-state index contributed by atoms with van der Waals surface area (Å²) < 4.78 is 1.93. The van der Waals surface area contributed by atoms with Crippen molar-refractivity contribution in [1.82, 2.24) is 19.9 Å². The topological polar surface area (TPSA) is 59.3 Å². The lowest BCUT2D eigenvalue weighted by Gasteiger charge is -2.02. The van der Waals surface area contributed by atoms with Crippen molar-refractivity contribution in [2.24, 2.45) is 0 Å². The fourth-order valence-electron chi connectivity index (χ4n) is 2.36. The van der Waals surface area contributed by atoms with Gasteiger partial charge in [-0.2, -0.15) is 0 Å². The molecule has 0 radical (unpaired) electrons. The van der Waals surface area contributed by atoms with E-state index in [1.807, 2.05) is 66.1 Å². The molecule has 0 bridgehead atoms. The first-order valence-corrected chi connectivity index (χ1v) is 7.54. The van der Waals surface area contributed by atoms with Gasteiger partial charge in [-0.05, 0) is 36.3 Å². The number of fused-ring (bicyclic) bond motifs is 1. The van der Waals surface area contributed by atoms with E-state index in [4.69, 9.17) is 0 Å². The van der Waals surface area contributed by atoms with Gasteiger partial charge in [-0.15, -0.1) is 10.2 Å². The molecule has 5 nitrogen and oxygen atoms in total. The van der Waals surface area contributed by atoms with Crippen LogP contribution in [-0.2, 0) is 11.2 Å². The molecule has 2 heterocycles. The number of aromatic nitrogens is 3. The first-order chi connectivity index (χ1) is 11.2. The number of carbonyl (C=O) groups is 1. The second kappa shape index (κ2) is 6.87. The summed E-state index contributed by atoms with van der Waals surface area (Å²) >= 11 is 0. The Balaban J connectivity index is 1.54. The predicted molar refractivity (Wildman–Crippen MR) is 89.9 cm³/mol. The molecule has 23 heavy (non-hydrogen) atoms. The van der Waals surface area contributed by atoms with E-state index in [1.165, 1.54) is 0 Å². The molecular formula is C18H18N4O. The van der Waals surface area contributed by atoms with Gasteiger partial charge in [0, 0.05) is 25.2 Å². The van der Waals surface area contributed by atoms with Gasteiger partial charge in [-0.1, -0.05) is 30.3 Å². The average molecular weight is 306 g/mol. The SMILES string of the molecule is Cc1ccccc1C=CC(=O)NCCc1nnc2ccccn12. The van der Waals surface area contributed by atoms with E-state index in [0.29, 0.717) is 13.0 Å². The molecule has 0 saturated carbocycles. The highest BCUT2D eigenvalue weighted by atomic mass is 16.1. The van der Waals surface area contributed by atoms with Crippen LogP contribution in [0.1, 0.15) is 17.0 Å². The molecule has 0 unspecified atom stereocenters. The number of nitrogens with zero attached hydrogens (tertiary/aromatic N) is 3. The summed E-state index contributed by atoms with van der Waals surface area (Å²) in [6, 6.07) is 13.7. The molecular weight excluding hydrogens is 288 g/mol. The summed E-state index contributed by atoms with van der Waals surface area (Å²) in [5, 5.41) is 11.1. The first kappa shape index (κ1) is 15.0. The van der Waals surface area contributed by atoms with Gasteiger partial charge in [-0.25, -0.2) is 0 Å². The zero-order valence-electron chi connectivity index (χ0n) is 12.9. The normalized spacial score (nSPS) is 11.2. The third-order valence-corrected chi connectivity index (χ3v) is 3.63. The Morgan fingerprint density at radius 3 is 2.87 bits per heavy atom. The van der Waals surface area contributed by atoms with Gasteiger partial charge in [-0.3, -0.25) is 9.20 Å². The molecule has 0 spiro atoms. The molecule has 0 fully saturated rings. The standard InChI is InChI=1S/C18H18N4O/c1-14-6-2-3-7-15(14)9-10-18(23)19-12-11-17-21-20-16-8-4-5-13-22(16)17/h2-10,13H,11-12H2,1H3,(H,19,23). The predicted octanol–water partition coefficient (Wildman–Crippen LogP) is 2.41. The number of hydrogen-bond donors (Lipinski definition) is 1. The minimum Gasteiger partial charge on any atom is -0.352 e. The lowest BCUT2D eigenvalue weighted by atomic mass is 10.1. The quantitative estimate of drug-likeness (QED) is 0.736. The van der Waals surface area contributed by atoms with Crippen LogP contribution >= 0.6 is 0 Å². The largest absolute Gasteiger partial charge is 0.352 e. The fourth-order valence-corrected chi connectivity index (χ4v) is 2.36. The monoisotopic (exact) mass is 306 g/mol. The van der Waals surface area contributed by atoms with Crippen molar-refractivity contribution < 1.29 is 4.79 Å². The molecule has 116 valence electrons. The van der Waals surface area contributed by atoms with Crippen LogP contribution in [0.15, 0.2) is 54.7 Å². The third kappa shape index (κ3) is 3.63. The van der Waals surface area contributed by atoms with Crippen LogP contribution in [0.3, 0.4) is 0 Å². The number of benzene rings is 1. The molecule has 0 aliphatic rings. The zero-order chi connectivity index (χ0) is 16.1. The Morgan fingerprint density at radius 2 is 2.00 bits per heavy atom. The highest BCUT2D eigenvalue weighted by molar-refractivity contribution is 5.91. The summed E-state index contributed by atoms with van der Waals surface area (Å²) in [5.41, 5.74) is 3.01. The van der Waals surface area contributed by atoms with E-state index < -0.39 is 0 Å². The Labute approximate surface area is 134 Å². The summed E-state index contributed by atoms with van der Waals surface area (Å²) in [4.78, 5) is 11.9. The third-order valence-electron chi connectivity index (χ3n) is 3.63.